The van der Waals surface area contributed by atoms with Gasteiger partial charge in [-0.2, -0.15) is 0 Å². The van der Waals surface area contributed by atoms with Crippen LogP contribution in [-0.4, -0.2) is 56.9 Å². The van der Waals surface area contributed by atoms with Crippen molar-refractivity contribution in [1.29, 1.82) is 0 Å². The van der Waals surface area contributed by atoms with Gasteiger partial charge in [0.05, 0.1) is 27.1 Å². The first-order valence-corrected chi connectivity index (χ1v) is 22.0. The monoisotopic (exact) mass is 803 g/mol. The van der Waals surface area contributed by atoms with Gasteiger partial charge in [-0.05, 0) is 183 Å². The molecule has 0 saturated heterocycles. The van der Waals surface area contributed by atoms with E-state index in [1.54, 1.807) is 13.8 Å². The number of carboxylic acid groups (broad SMARTS) is 2. The van der Waals surface area contributed by atoms with Crippen molar-refractivity contribution in [1.82, 2.24) is 0 Å². The first kappa shape index (κ1) is 47.0. The van der Waals surface area contributed by atoms with Gasteiger partial charge < -0.3 is 24.4 Å². The summed E-state index contributed by atoms with van der Waals surface area (Å²) < 4.78 is 17.3. The predicted molar refractivity (Wildman–Crippen MR) is 219 cm³/mol. The fraction of sp³-hybridized carbons (Fsp3) is 0.894. The van der Waals surface area contributed by atoms with E-state index in [1.807, 2.05) is 62.3 Å². The molecule has 8 fully saturated rings. The van der Waals surface area contributed by atoms with Crippen LogP contribution in [0.2, 0.25) is 0 Å². The van der Waals surface area contributed by atoms with Gasteiger partial charge in [0, 0.05) is 18.3 Å². The van der Waals surface area contributed by atoms with Crippen LogP contribution in [0.25, 0.3) is 0 Å². The van der Waals surface area contributed by atoms with Crippen LogP contribution >= 0.6 is 0 Å². The lowest BCUT2D eigenvalue weighted by atomic mass is 9.42. The third kappa shape index (κ3) is 9.71. The van der Waals surface area contributed by atoms with Crippen molar-refractivity contribution in [2.75, 3.05) is 0 Å². The largest absolute Gasteiger partial charge is 0.481 e. The van der Waals surface area contributed by atoms with Gasteiger partial charge in [-0.1, -0.05) is 20.8 Å². The number of hydrogen-bond acceptors (Lipinski definition) is 8. The Kier molecular flexibility index (Phi) is 13.0. The molecule has 8 rings (SSSR count). The van der Waals surface area contributed by atoms with E-state index in [1.165, 1.54) is 38.5 Å². The van der Waals surface area contributed by atoms with Crippen LogP contribution in [0.15, 0.2) is 0 Å². The molecule has 0 aliphatic heterocycles. The van der Waals surface area contributed by atoms with Crippen LogP contribution in [0.1, 0.15) is 193 Å². The molecule has 10 heteroatoms. The second kappa shape index (κ2) is 15.7. The number of carbonyl (C=O) groups excluding carboxylic acids is 3. The molecule has 2 N–H and O–H groups in total. The highest BCUT2D eigenvalue weighted by Gasteiger charge is 2.70. The van der Waals surface area contributed by atoms with E-state index in [2.05, 4.69) is 20.8 Å². The maximum absolute atomic E-state index is 12.6. The summed E-state index contributed by atoms with van der Waals surface area (Å²) >= 11 is 0. The highest BCUT2D eigenvalue weighted by Crippen LogP contribution is 2.68. The normalized spacial score (nSPS) is 33.9. The molecule has 0 radical (unpaired) electrons. The fourth-order valence-corrected chi connectivity index (χ4v) is 11.5. The zero-order chi connectivity index (χ0) is 43.4. The molecule has 8 aliphatic rings. The molecule has 2 unspecified atom stereocenters. The molecule has 0 aromatic heterocycles. The van der Waals surface area contributed by atoms with Gasteiger partial charge >= 0.3 is 29.8 Å². The lowest BCUT2D eigenvalue weighted by molar-refractivity contribution is -0.235. The SMILES string of the molecule is CCC(C)(C)C(=O)OC(C)(C)C.CCC(C)(C)C(=O)OC(C)(C)C12CC3CC(CC(C3)C1)C2.CCC(C)(C)C(=O)OC12CC3CC(C(=O)O)(C1)CC(C(=O)O)(C3)C2. The molecule has 8 aliphatic carbocycles. The fourth-order valence-electron chi connectivity index (χ4n) is 11.5. The van der Waals surface area contributed by atoms with Gasteiger partial charge in [0.1, 0.15) is 16.8 Å². The van der Waals surface area contributed by atoms with Crippen molar-refractivity contribution in [3.8, 4) is 0 Å². The average molecular weight is 803 g/mol. The van der Waals surface area contributed by atoms with Crippen LogP contribution < -0.4 is 0 Å². The molecule has 0 spiro atoms. The Morgan fingerprint density at radius 1 is 0.509 bits per heavy atom. The maximum Gasteiger partial charge on any atom is 0.312 e. The van der Waals surface area contributed by atoms with Crippen LogP contribution in [-0.2, 0) is 38.2 Å². The van der Waals surface area contributed by atoms with Gasteiger partial charge in [-0.25, -0.2) is 0 Å². The number of carbonyl (C=O) groups is 5. The Morgan fingerprint density at radius 2 is 0.877 bits per heavy atom. The van der Waals surface area contributed by atoms with Gasteiger partial charge in [-0.3, -0.25) is 24.0 Å². The van der Waals surface area contributed by atoms with Crippen LogP contribution in [0.3, 0.4) is 0 Å². The summed E-state index contributed by atoms with van der Waals surface area (Å²) in [6.45, 7) is 27.4. The molecule has 8 saturated carbocycles. The predicted octanol–water partition coefficient (Wildman–Crippen LogP) is 10.6. The molecule has 326 valence electrons. The number of hydrogen-bond donors (Lipinski definition) is 2. The van der Waals surface area contributed by atoms with Gasteiger partial charge in [0.25, 0.3) is 0 Å². The third-order valence-electron chi connectivity index (χ3n) is 15.6. The molecule has 0 heterocycles. The van der Waals surface area contributed by atoms with Crippen LogP contribution in [0.5, 0.6) is 0 Å². The molecular weight excluding hydrogens is 725 g/mol. The summed E-state index contributed by atoms with van der Waals surface area (Å²) in [6, 6.07) is 0. The number of carboxylic acids is 2. The Hall–Kier alpha value is -2.65. The van der Waals surface area contributed by atoms with Crippen molar-refractivity contribution >= 4 is 29.8 Å². The lowest BCUT2D eigenvalue weighted by Gasteiger charge is -2.62. The van der Waals surface area contributed by atoms with E-state index in [-0.39, 0.29) is 70.5 Å². The zero-order valence-electron chi connectivity index (χ0n) is 38.1. The van der Waals surface area contributed by atoms with Crippen LogP contribution in [0.4, 0.5) is 0 Å². The topological polar surface area (TPSA) is 154 Å². The minimum Gasteiger partial charge on any atom is -0.481 e. The summed E-state index contributed by atoms with van der Waals surface area (Å²) in [4.78, 5) is 60.6. The second-order valence-electron chi connectivity index (χ2n) is 23.1. The number of aliphatic carboxylic acids is 2. The molecule has 2 atom stereocenters. The summed E-state index contributed by atoms with van der Waals surface area (Å²) in [7, 11) is 0. The smallest absolute Gasteiger partial charge is 0.312 e. The molecular formula is C47H78O10. The van der Waals surface area contributed by atoms with E-state index in [0.29, 0.717) is 25.7 Å². The molecule has 0 aromatic rings. The third-order valence-corrected chi connectivity index (χ3v) is 15.6. The summed E-state index contributed by atoms with van der Waals surface area (Å²) in [5.41, 5.74) is -4.90. The standard InChI is InChI=1S/C19H32O2.C18H26O6.C10H20O2/c1-6-17(2,3)16(20)21-18(4,5)19-10-13-7-14(11-19)9-15(8-13)12-19;1-4-15(2,3)14(23)24-18-7-11-5-16(9-18,12(19)20)8-17(6-11,10-18)13(21)22;1-7-10(5,6)8(11)12-9(2,3)4/h13-15H,6-12H2,1-5H3;11H,4-10H2,1-3H3,(H,19,20)(H,21,22);7H2,1-6H3. The summed E-state index contributed by atoms with van der Waals surface area (Å²) in [5.74, 6) is 0.303. The first-order chi connectivity index (χ1) is 25.8. The van der Waals surface area contributed by atoms with E-state index in [0.717, 1.165) is 30.6 Å². The molecule has 0 aromatic carbocycles. The van der Waals surface area contributed by atoms with Crippen molar-refractivity contribution in [3.63, 3.8) is 0 Å². The Labute approximate surface area is 343 Å². The quantitative estimate of drug-likeness (QED) is 0.152. The van der Waals surface area contributed by atoms with Gasteiger partial charge in [-0.15, -0.1) is 0 Å². The number of esters is 3. The Balaban J connectivity index is 0.000000201. The first-order valence-electron chi connectivity index (χ1n) is 22.0. The van der Waals surface area contributed by atoms with Gasteiger partial charge in [0.2, 0.25) is 0 Å². The van der Waals surface area contributed by atoms with Gasteiger partial charge in [0.15, 0.2) is 0 Å². The van der Waals surface area contributed by atoms with E-state index >= 15 is 0 Å². The minimum absolute atomic E-state index is 0.00834. The summed E-state index contributed by atoms with van der Waals surface area (Å²) in [5, 5.41) is 19.6. The number of rotatable bonds is 11. The summed E-state index contributed by atoms with van der Waals surface area (Å²) in [6.07, 6.45) is 12.6. The minimum atomic E-state index is -1.07. The zero-order valence-corrected chi connectivity index (χ0v) is 38.1. The van der Waals surface area contributed by atoms with Crippen LogP contribution in [0, 0.1) is 56.2 Å². The molecule has 8 bridgehead atoms. The van der Waals surface area contributed by atoms with Crippen molar-refractivity contribution < 1.29 is 48.4 Å². The lowest BCUT2D eigenvalue weighted by Crippen LogP contribution is -2.65. The molecule has 57 heavy (non-hydrogen) atoms. The number of ether oxygens (including phenoxy) is 3. The van der Waals surface area contributed by atoms with E-state index < -0.39 is 33.8 Å². The average Bonchev–Trinajstić information content (AvgIpc) is 3.06. The Morgan fingerprint density at radius 3 is 1.23 bits per heavy atom. The van der Waals surface area contributed by atoms with Crippen molar-refractivity contribution in [3.05, 3.63) is 0 Å². The highest BCUT2D eigenvalue weighted by molar-refractivity contribution is 5.82. The second-order valence-corrected chi connectivity index (χ2v) is 23.1. The van der Waals surface area contributed by atoms with E-state index in [4.69, 9.17) is 14.2 Å². The highest BCUT2D eigenvalue weighted by atomic mass is 16.6. The van der Waals surface area contributed by atoms with Crippen molar-refractivity contribution in [2.45, 2.75) is 210 Å². The molecule has 0 amide bonds. The Bertz CT molecular complexity index is 1480. The van der Waals surface area contributed by atoms with E-state index in [9.17, 15) is 34.2 Å². The molecule has 10 nitrogen and oxygen atoms in total. The van der Waals surface area contributed by atoms with Crippen molar-refractivity contribution in [2.24, 2.45) is 56.2 Å². The maximum atomic E-state index is 12.6.